The molecule has 0 saturated carbocycles. The largest absolute Gasteiger partial charge is 0.326 e. The number of amidine groups is 1. The summed E-state index contributed by atoms with van der Waals surface area (Å²) in [6, 6.07) is 21.6. The fourth-order valence-corrected chi connectivity index (χ4v) is 2.63. The van der Waals surface area contributed by atoms with Crippen LogP contribution in [0.15, 0.2) is 65.7 Å². The molecule has 3 rings (SSSR count). The Balaban J connectivity index is 1.90. The van der Waals surface area contributed by atoms with Crippen LogP contribution in [-0.4, -0.2) is 11.9 Å². The van der Waals surface area contributed by atoms with Crippen molar-refractivity contribution in [3.63, 3.8) is 0 Å². The zero-order chi connectivity index (χ0) is 13.8. The molecule has 20 heavy (non-hydrogen) atoms. The third-order valence-corrected chi connectivity index (χ3v) is 3.72. The van der Waals surface area contributed by atoms with Gasteiger partial charge in [-0.05, 0) is 31.0 Å². The van der Waals surface area contributed by atoms with Gasteiger partial charge in [-0.2, -0.15) is 0 Å². The minimum absolute atomic E-state index is 0.451. The van der Waals surface area contributed by atoms with Crippen molar-refractivity contribution < 1.29 is 0 Å². The van der Waals surface area contributed by atoms with Crippen LogP contribution in [-0.2, 0) is 6.54 Å². The Labute approximate surface area is 120 Å². The summed E-state index contributed by atoms with van der Waals surface area (Å²) in [5.41, 5.74) is 2.54. The highest BCUT2D eigenvalue weighted by molar-refractivity contribution is 5.98. The van der Waals surface area contributed by atoms with Crippen molar-refractivity contribution in [3.8, 4) is 0 Å². The number of hydrogen-bond acceptors (Lipinski definition) is 2. The van der Waals surface area contributed by atoms with Gasteiger partial charge in [-0.15, -0.1) is 0 Å². The summed E-state index contributed by atoms with van der Waals surface area (Å²) < 4.78 is 0. The summed E-state index contributed by atoms with van der Waals surface area (Å²) in [5.74, 6) is 1.22. The molecule has 0 radical (unpaired) electrons. The lowest BCUT2D eigenvalue weighted by atomic mass is 10.1. The Hall–Kier alpha value is -2.09. The summed E-state index contributed by atoms with van der Waals surface area (Å²) >= 11 is 0. The van der Waals surface area contributed by atoms with Gasteiger partial charge in [0.05, 0.1) is 0 Å². The second kappa shape index (κ2) is 5.91. The standard InChI is InChI=1S/C18H20N2/c1-15-12-13-18(19-15)20(17-10-6-3-7-11-17)14-16-8-4-2-5-9-16/h2-11,15H,12-14H2,1H3. The van der Waals surface area contributed by atoms with Crippen LogP contribution in [0.25, 0.3) is 0 Å². The first kappa shape index (κ1) is 12.9. The van der Waals surface area contributed by atoms with E-state index in [1.54, 1.807) is 0 Å². The number of aliphatic imine (C=N–C) groups is 1. The molecule has 2 aromatic carbocycles. The van der Waals surface area contributed by atoms with Crippen LogP contribution in [0.4, 0.5) is 5.69 Å². The molecule has 1 aliphatic rings. The number of nitrogens with zero attached hydrogens (tertiary/aromatic N) is 2. The molecule has 2 nitrogen and oxygen atoms in total. The third kappa shape index (κ3) is 2.90. The van der Waals surface area contributed by atoms with Gasteiger partial charge in [0.1, 0.15) is 5.84 Å². The number of benzene rings is 2. The van der Waals surface area contributed by atoms with E-state index in [1.165, 1.54) is 17.1 Å². The SMILES string of the molecule is CC1CCC(N(Cc2ccccc2)c2ccccc2)=N1. The minimum atomic E-state index is 0.451. The fourth-order valence-electron chi connectivity index (χ4n) is 2.63. The van der Waals surface area contributed by atoms with Gasteiger partial charge in [0.15, 0.2) is 0 Å². The summed E-state index contributed by atoms with van der Waals surface area (Å²) in [6.45, 7) is 3.08. The van der Waals surface area contributed by atoms with E-state index < -0.39 is 0 Å². The van der Waals surface area contributed by atoms with E-state index in [0.29, 0.717) is 6.04 Å². The van der Waals surface area contributed by atoms with Crippen molar-refractivity contribution in [3.05, 3.63) is 66.2 Å². The van der Waals surface area contributed by atoms with Crippen molar-refractivity contribution >= 4 is 11.5 Å². The van der Waals surface area contributed by atoms with Gasteiger partial charge in [0, 0.05) is 24.7 Å². The van der Waals surface area contributed by atoms with Gasteiger partial charge in [0.25, 0.3) is 0 Å². The molecular weight excluding hydrogens is 244 g/mol. The van der Waals surface area contributed by atoms with E-state index in [-0.39, 0.29) is 0 Å². The van der Waals surface area contributed by atoms with E-state index in [4.69, 9.17) is 4.99 Å². The van der Waals surface area contributed by atoms with Crippen LogP contribution >= 0.6 is 0 Å². The maximum absolute atomic E-state index is 4.80. The molecule has 102 valence electrons. The van der Waals surface area contributed by atoms with Crippen LogP contribution < -0.4 is 4.90 Å². The molecule has 2 heteroatoms. The molecule has 0 N–H and O–H groups in total. The molecule has 0 amide bonds. The number of hydrogen-bond donors (Lipinski definition) is 0. The summed E-state index contributed by atoms with van der Waals surface area (Å²) in [4.78, 5) is 7.15. The van der Waals surface area contributed by atoms with Crippen molar-refractivity contribution in [2.75, 3.05) is 4.90 Å². The average molecular weight is 264 g/mol. The summed E-state index contributed by atoms with van der Waals surface area (Å²) in [6.07, 6.45) is 2.23. The third-order valence-electron chi connectivity index (χ3n) is 3.72. The molecular formula is C18H20N2. The first-order chi connectivity index (χ1) is 9.83. The maximum Gasteiger partial charge on any atom is 0.104 e. The van der Waals surface area contributed by atoms with Gasteiger partial charge in [-0.25, -0.2) is 0 Å². The van der Waals surface area contributed by atoms with E-state index in [9.17, 15) is 0 Å². The van der Waals surface area contributed by atoms with E-state index in [0.717, 1.165) is 19.4 Å². The second-order valence-corrected chi connectivity index (χ2v) is 5.34. The highest BCUT2D eigenvalue weighted by Crippen LogP contribution is 2.23. The molecule has 0 aliphatic carbocycles. The lowest BCUT2D eigenvalue weighted by Crippen LogP contribution is -2.28. The van der Waals surface area contributed by atoms with E-state index in [2.05, 4.69) is 72.5 Å². The molecule has 0 saturated heterocycles. The molecule has 1 heterocycles. The molecule has 1 aliphatic heterocycles. The van der Waals surface area contributed by atoms with Crippen LogP contribution in [0.3, 0.4) is 0 Å². The molecule has 1 atom stereocenters. The van der Waals surface area contributed by atoms with Crippen LogP contribution in [0.2, 0.25) is 0 Å². The highest BCUT2D eigenvalue weighted by Gasteiger charge is 2.20. The Bertz CT molecular complexity index is 575. The predicted molar refractivity (Wildman–Crippen MR) is 85.2 cm³/mol. The Kier molecular flexibility index (Phi) is 3.82. The van der Waals surface area contributed by atoms with Gasteiger partial charge >= 0.3 is 0 Å². The topological polar surface area (TPSA) is 15.6 Å². The van der Waals surface area contributed by atoms with Gasteiger partial charge in [-0.1, -0.05) is 48.5 Å². The average Bonchev–Trinajstić information content (AvgIpc) is 2.93. The van der Waals surface area contributed by atoms with E-state index >= 15 is 0 Å². The summed E-state index contributed by atoms with van der Waals surface area (Å²) in [5, 5.41) is 0. The first-order valence-electron chi connectivity index (χ1n) is 7.26. The molecule has 0 spiro atoms. The first-order valence-corrected chi connectivity index (χ1v) is 7.26. The van der Waals surface area contributed by atoms with Crippen LogP contribution in [0.1, 0.15) is 25.3 Å². The van der Waals surface area contributed by atoms with Gasteiger partial charge < -0.3 is 4.90 Å². The van der Waals surface area contributed by atoms with Crippen molar-refractivity contribution in [1.29, 1.82) is 0 Å². The minimum Gasteiger partial charge on any atom is -0.326 e. The molecule has 1 unspecified atom stereocenters. The lowest BCUT2D eigenvalue weighted by Gasteiger charge is -2.25. The van der Waals surface area contributed by atoms with Crippen molar-refractivity contribution in [2.45, 2.75) is 32.4 Å². The second-order valence-electron chi connectivity index (χ2n) is 5.34. The monoisotopic (exact) mass is 264 g/mol. The molecule has 0 fully saturated rings. The highest BCUT2D eigenvalue weighted by atomic mass is 15.2. The molecule has 0 bridgehead atoms. The summed E-state index contributed by atoms with van der Waals surface area (Å²) in [7, 11) is 0. The fraction of sp³-hybridized carbons (Fsp3) is 0.278. The predicted octanol–water partition coefficient (Wildman–Crippen LogP) is 4.27. The Morgan fingerprint density at radius 1 is 1.00 bits per heavy atom. The molecule has 2 aromatic rings. The number of rotatable bonds is 3. The number of para-hydroxylation sites is 1. The maximum atomic E-state index is 4.80. The Morgan fingerprint density at radius 2 is 1.65 bits per heavy atom. The number of anilines is 1. The van der Waals surface area contributed by atoms with Gasteiger partial charge in [-0.3, -0.25) is 4.99 Å². The van der Waals surface area contributed by atoms with E-state index in [1.807, 2.05) is 0 Å². The zero-order valence-corrected chi connectivity index (χ0v) is 11.9. The zero-order valence-electron chi connectivity index (χ0n) is 11.9. The van der Waals surface area contributed by atoms with Crippen molar-refractivity contribution in [2.24, 2.45) is 4.99 Å². The van der Waals surface area contributed by atoms with Crippen LogP contribution in [0, 0.1) is 0 Å². The smallest absolute Gasteiger partial charge is 0.104 e. The Morgan fingerprint density at radius 3 is 2.25 bits per heavy atom. The van der Waals surface area contributed by atoms with Gasteiger partial charge in [0.2, 0.25) is 0 Å². The normalized spacial score (nSPS) is 17.9. The van der Waals surface area contributed by atoms with Crippen LogP contribution in [0.5, 0.6) is 0 Å². The van der Waals surface area contributed by atoms with Crippen molar-refractivity contribution in [1.82, 2.24) is 0 Å². The lowest BCUT2D eigenvalue weighted by molar-refractivity contribution is 0.739. The quantitative estimate of drug-likeness (QED) is 0.808. The molecule has 0 aromatic heterocycles.